The zero-order chi connectivity index (χ0) is 15.2. The number of nitrogens with zero attached hydrogens (tertiary/aromatic N) is 1. The van der Waals surface area contributed by atoms with E-state index in [4.69, 9.17) is 10.00 Å². The number of benzene rings is 2. The van der Waals surface area contributed by atoms with Gasteiger partial charge in [-0.05, 0) is 49.4 Å². The normalized spacial score (nSPS) is 11.3. The van der Waals surface area contributed by atoms with E-state index in [1.807, 2.05) is 6.07 Å². The predicted octanol–water partition coefficient (Wildman–Crippen LogP) is 3.10. The van der Waals surface area contributed by atoms with E-state index >= 15 is 0 Å². The maximum absolute atomic E-state index is 13.0. The monoisotopic (exact) mass is 284 g/mol. The van der Waals surface area contributed by atoms with E-state index in [9.17, 15) is 9.18 Å². The molecule has 0 radical (unpaired) electrons. The fourth-order valence-corrected chi connectivity index (χ4v) is 1.68. The summed E-state index contributed by atoms with van der Waals surface area (Å²) in [4.78, 5) is 11.9. The molecule has 4 nitrogen and oxygen atoms in total. The molecule has 0 aliphatic heterocycles. The lowest BCUT2D eigenvalue weighted by molar-refractivity contribution is -0.122. The highest BCUT2D eigenvalue weighted by Gasteiger charge is 2.15. The molecule has 5 heteroatoms. The van der Waals surface area contributed by atoms with Gasteiger partial charge in [-0.15, -0.1) is 0 Å². The lowest BCUT2D eigenvalue weighted by atomic mass is 10.2. The van der Waals surface area contributed by atoms with E-state index in [1.165, 1.54) is 18.2 Å². The van der Waals surface area contributed by atoms with Crippen LogP contribution in [0.25, 0.3) is 0 Å². The smallest absolute Gasteiger partial charge is 0.265 e. The third-order valence-electron chi connectivity index (χ3n) is 2.76. The average Bonchev–Trinajstić information content (AvgIpc) is 2.48. The van der Waals surface area contributed by atoms with Crippen LogP contribution >= 0.6 is 0 Å². The Morgan fingerprint density at radius 1 is 1.29 bits per heavy atom. The maximum atomic E-state index is 13.0. The predicted molar refractivity (Wildman–Crippen MR) is 76.3 cm³/mol. The van der Waals surface area contributed by atoms with Crippen molar-refractivity contribution in [2.24, 2.45) is 0 Å². The van der Waals surface area contributed by atoms with Crippen LogP contribution in [0.4, 0.5) is 10.1 Å². The molecule has 0 spiro atoms. The first-order valence-corrected chi connectivity index (χ1v) is 6.32. The number of carbonyl (C=O) groups excluding carboxylic acids is 1. The third kappa shape index (κ3) is 4.05. The number of anilines is 1. The first-order chi connectivity index (χ1) is 10.1. The number of carbonyl (C=O) groups is 1. The summed E-state index contributed by atoms with van der Waals surface area (Å²) in [5.74, 6) is -0.325. The molecule has 0 aliphatic carbocycles. The number of ether oxygens (including phenoxy) is 1. The van der Waals surface area contributed by atoms with Gasteiger partial charge in [0.25, 0.3) is 5.91 Å². The SMILES string of the molecule is CC(Oc1ccc(C#N)cc1)C(=O)Nc1cccc(F)c1. The summed E-state index contributed by atoms with van der Waals surface area (Å²) in [5, 5.41) is 11.3. The van der Waals surface area contributed by atoms with Crippen molar-refractivity contribution in [1.82, 2.24) is 0 Å². The first kappa shape index (κ1) is 14.5. The Labute approximate surface area is 121 Å². The molecular formula is C16H13FN2O2. The van der Waals surface area contributed by atoms with Crippen molar-refractivity contribution in [3.8, 4) is 11.8 Å². The van der Waals surface area contributed by atoms with Crippen LogP contribution in [0.3, 0.4) is 0 Å². The summed E-state index contributed by atoms with van der Waals surface area (Å²) in [6, 6.07) is 14.1. The summed E-state index contributed by atoms with van der Waals surface area (Å²) in [6.07, 6.45) is -0.749. The molecule has 2 aromatic carbocycles. The number of halogens is 1. The van der Waals surface area contributed by atoms with Gasteiger partial charge in [0.2, 0.25) is 0 Å². The Morgan fingerprint density at radius 2 is 2.00 bits per heavy atom. The highest BCUT2D eigenvalue weighted by molar-refractivity contribution is 5.94. The van der Waals surface area contributed by atoms with E-state index in [0.717, 1.165) is 0 Å². The second-order valence-corrected chi connectivity index (χ2v) is 4.40. The minimum Gasteiger partial charge on any atom is -0.481 e. The van der Waals surface area contributed by atoms with E-state index in [2.05, 4.69) is 5.32 Å². The molecule has 0 aromatic heterocycles. The molecule has 21 heavy (non-hydrogen) atoms. The van der Waals surface area contributed by atoms with Crippen LogP contribution in [0.15, 0.2) is 48.5 Å². The standard InChI is InChI=1S/C16H13FN2O2/c1-11(21-15-7-5-12(10-18)6-8-15)16(20)19-14-4-2-3-13(17)9-14/h2-9,11H,1H3,(H,19,20). The zero-order valence-electron chi connectivity index (χ0n) is 11.3. The lowest BCUT2D eigenvalue weighted by Gasteiger charge is -2.14. The van der Waals surface area contributed by atoms with Gasteiger partial charge in [-0.25, -0.2) is 4.39 Å². The molecule has 0 heterocycles. The van der Waals surface area contributed by atoms with E-state index in [-0.39, 0.29) is 5.91 Å². The minimum absolute atomic E-state index is 0.371. The second-order valence-electron chi connectivity index (χ2n) is 4.40. The number of nitrogens with one attached hydrogen (secondary N) is 1. The molecule has 106 valence electrons. The maximum Gasteiger partial charge on any atom is 0.265 e. The second kappa shape index (κ2) is 6.53. The molecule has 1 atom stereocenters. The van der Waals surface area contributed by atoms with E-state index in [1.54, 1.807) is 37.3 Å². The van der Waals surface area contributed by atoms with Crippen LogP contribution < -0.4 is 10.1 Å². The van der Waals surface area contributed by atoms with Crippen molar-refractivity contribution in [3.63, 3.8) is 0 Å². The summed E-state index contributed by atoms with van der Waals surface area (Å²) in [5.41, 5.74) is 0.884. The molecule has 1 amide bonds. The van der Waals surface area contributed by atoms with Gasteiger partial charge in [0.05, 0.1) is 11.6 Å². The molecule has 2 aromatic rings. The summed E-state index contributed by atoms with van der Waals surface area (Å²) >= 11 is 0. The number of rotatable bonds is 4. The van der Waals surface area contributed by atoms with Gasteiger partial charge in [0.1, 0.15) is 11.6 Å². The Kier molecular flexibility index (Phi) is 4.52. The summed E-state index contributed by atoms with van der Waals surface area (Å²) in [6.45, 7) is 1.59. The first-order valence-electron chi connectivity index (χ1n) is 6.32. The fourth-order valence-electron chi connectivity index (χ4n) is 1.68. The average molecular weight is 284 g/mol. The Morgan fingerprint density at radius 3 is 2.62 bits per heavy atom. The van der Waals surface area contributed by atoms with Gasteiger partial charge in [-0.2, -0.15) is 5.26 Å². The van der Waals surface area contributed by atoms with Gasteiger partial charge in [0, 0.05) is 5.69 Å². The molecule has 2 rings (SSSR count). The van der Waals surface area contributed by atoms with Crippen LogP contribution in [-0.4, -0.2) is 12.0 Å². The van der Waals surface area contributed by atoms with Crippen LogP contribution in [0, 0.1) is 17.1 Å². The molecule has 0 saturated heterocycles. The molecule has 0 aliphatic rings. The topological polar surface area (TPSA) is 62.1 Å². The van der Waals surface area contributed by atoms with Gasteiger partial charge in [0.15, 0.2) is 6.10 Å². The van der Waals surface area contributed by atoms with Crippen molar-refractivity contribution in [2.45, 2.75) is 13.0 Å². The van der Waals surface area contributed by atoms with Crippen LogP contribution in [0.1, 0.15) is 12.5 Å². The number of nitriles is 1. The van der Waals surface area contributed by atoms with E-state index in [0.29, 0.717) is 17.0 Å². The minimum atomic E-state index is -0.749. The van der Waals surface area contributed by atoms with Gasteiger partial charge >= 0.3 is 0 Å². The molecule has 0 saturated carbocycles. The zero-order valence-corrected chi connectivity index (χ0v) is 11.3. The Balaban J connectivity index is 1.97. The quantitative estimate of drug-likeness (QED) is 0.938. The number of hydrogen-bond acceptors (Lipinski definition) is 3. The highest BCUT2D eigenvalue weighted by atomic mass is 19.1. The largest absolute Gasteiger partial charge is 0.481 e. The molecule has 0 bridgehead atoms. The number of hydrogen-bond donors (Lipinski definition) is 1. The molecule has 1 unspecified atom stereocenters. The van der Waals surface area contributed by atoms with Crippen molar-refractivity contribution in [3.05, 3.63) is 59.9 Å². The van der Waals surface area contributed by atoms with Crippen LogP contribution in [0.2, 0.25) is 0 Å². The molecule has 0 fully saturated rings. The molecular weight excluding hydrogens is 271 g/mol. The summed E-state index contributed by atoms with van der Waals surface area (Å²) < 4.78 is 18.5. The number of amides is 1. The van der Waals surface area contributed by atoms with Gasteiger partial charge in [-0.1, -0.05) is 6.07 Å². The third-order valence-corrected chi connectivity index (χ3v) is 2.76. The van der Waals surface area contributed by atoms with E-state index < -0.39 is 11.9 Å². The highest BCUT2D eigenvalue weighted by Crippen LogP contribution is 2.15. The lowest BCUT2D eigenvalue weighted by Crippen LogP contribution is -2.30. The van der Waals surface area contributed by atoms with Crippen molar-refractivity contribution in [2.75, 3.05) is 5.32 Å². The Hall–Kier alpha value is -2.87. The van der Waals surface area contributed by atoms with Crippen molar-refractivity contribution < 1.29 is 13.9 Å². The van der Waals surface area contributed by atoms with Gasteiger partial charge < -0.3 is 10.1 Å². The van der Waals surface area contributed by atoms with Crippen molar-refractivity contribution >= 4 is 11.6 Å². The van der Waals surface area contributed by atoms with Gasteiger partial charge in [-0.3, -0.25) is 4.79 Å². The molecule has 1 N–H and O–H groups in total. The Bertz CT molecular complexity index is 677. The van der Waals surface area contributed by atoms with Crippen LogP contribution in [-0.2, 0) is 4.79 Å². The summed E-state index contributed by atoms with van der Waals surface area (Å²) in [7, 11) is 0. The van der Waals surface area contributed by atoms with Crippen LogP contribution in [0.5, 0.6) is 5.75 Å². The van der Waals surface area contributed by atoms with Crippen molar-refractivity contribution in [1.29, 1.82) is 5.26 Å². The fraction of sp³-hybridized carbons (Fsp3) is 0.125.